The number of carbonyl (C=O) groups is 1. The molecule has 2 aromatic rings. The Morgan fingerprint density at radius 2 is 1.95 bits per heavy atom. The fraction of sp³-hybridized carbons (Fsp3) is 0.500. The Kier molecular flexibility index (Phi) is 10.4. The fourth-order valence-electron chi connectivity index (χ4n) is 4.91. The number of aliphatic hydroxyl groups is 1. The molecule has 1 aromatic heterocycles. The van der Waals surface area contributed by atoms with Gasteiger partial charge in [0.15, 0.2) is 0 Å². The second-order valence-electron chi connectivity index (χ2n) is 10.0. The van der Waals surface area contributed by atoms with E-state index in [1.165, 1.54) is 17.3 Å². The largest absolute Gasteiger partial charge is 0.465 e. The van der Waals surface area contributed by atoms with E-state index in [9.17, 15) is 37.2 Å². The molecule has 0 amide bonds. The van der Waals surface area contributed by atoms with Gasteiger partial charge < -0.3 is 19.1 Å². The number of aromatic amines is 1. The molecule has 17 heteroatoms. The second kappa shape index (κ2) is 13.5. The first-order valence-corrected chi connectivity index (χ1v) is 15.8. The molecule has 2 heterocycles. The maximum atomic E-state index is 14.1. The predicted molar refractivity (Wildman–Crippen MR) is 150 cm³/mol. The van der Waals surface area contributed by atoms with E-state index < -0.39 is 67.3 Å². The quantitative estimate of drug-likeness (QED) is 0.229. The molecule has 236 valence electrons. The minimum absolute atomic E-state index is 0.0495. The molecule has 1 aliphatic heterocycles. The summed E-state index contributed by atoms with van der Waals surface area (Å²) in [5.74, 6) is -0.922. The molecule has 3 N–H and O–H groups in total. The Bertz CT molecular complexity index is 1490. The average Bonchev–Trinajstić information content (AvgIpc) is 3.56. The lowest BCUT2D eigenvalue weighted by molar-refractivity contribution is -0.150. The van der Waals surface area contributed by atoms with Gasteiger partial charge >= 0.3 is 25.6 Å². The molecule has 0 spiro atoms. The van der Waals surface area contributed by atoms with Crippen molar-refractivity contribution in [3.05, 3.63) is 67.4 Å². The highest BCUT2D eigenvalue weighted by Crippen LogP contribution is 2.50. The molecule has 0 radical (unpaired) electrons. The third-order valence-corrected chi connectivity index (χ3v) is 8.95. The molecular weight excluding hydrogens is 666 g/mol. The fourth-order valence-corrected chi connectivity index (χ4v) is 6.93. The van der Waals surface area contributed by atoms with Crippen molar-refractivity contribution in [3.8, 4) is 5.75 Å². The first-order chi connectivity index (χ1) is 20.3. The van der Waals surface area contributed by atoms with Gasteiger partial charge in [-0.15, -0.1) is 0 Å². The lowest BCUT2D eigenvalue weighted by atomic mass is 10.00. The number of alkyl halides is 3. The molecule has 43 heavy (non-hydrogen) atoms. The van der Waals surface area contributed by atoms with E-state index in [4.69, 9.17) is 18.5 Å². The highest BCUT2D eigenvalue weighted by Gasteiger charge is 2.50. The second-order valence-corrected chi connectivity index (χ2v) is 12.2. The number of benzene rings is 1. The molecule has 2 aliphatic rings. The van der Waals surface area contributed by atoms with Crippen LogP contribution in [0.25, 0.3) is 6.08 Å². The Balaban J connectivity index is 1.57. The van der Waals surface area contributed by atoms with Gasteiger partial charge in [-0.05, 0) is 55.1 Å². The molecule has 1 saturated carbocycles. The Morgan fingerprint density at radius 1 is 1.28 bits per heavy atom. The van der Waals surface area contributed by atoms with E-state index in [2.05, 4.69) is 26.0 Å². The topological polar surface area (TPSA) is 158 Å². The van der Waals surface area contributed by atoms with Crippen molar-refractivity contribution in [2.45, 2.75) is 69.2 Å². The molecule has 2 unspecified atom stereocenters. The van der Waals surface area contributed by atoms with Gasteiger partial charge in [0.05, 0.1) is 30.4 Å². The standard InChI is InChI=1S/C26H30BrF3N3O9P/c1-2-39-23(36)25(10-3-4-11-25)32-43(38,42-18-7-5-17(6-8-18)26(28,29)30)40-15-20-19(34)13-21(41-20)33-14-16(9-12-27)22(35)31-24(33)37/h5-9,12,14,19-21,34H,2-4,10-11,13,15H2,1H3,(H,32,38)(H,31,35,37)/b12-9+/t19-,20?,21-,43?/m1/s1. The molecule has 1 aliphatic carbocycles. The summed E-state index contributed by atoms with van der Waals surface area (Å²) in [6, 6.07) is 3.41. The smallest absolute Gasteiger partial charge is 0.459 e. The molecule has 0 bridgehead atoms. The van der Waals surface area contributed by atoms with Crippen molar-refractivity contribution in [1.82, 2.24) is 14.6 Å². The van der Waals surface area contributed by atoms with Crippen molar-refractivity contribution in [2.75, 3.05) is 13.2 Å². The Morgan fingerprint density at radius 3 is 2.56 bits per heavy atom. The van der Waals surface area contributed by atoms with Crippen LogP contribution in [0.15, 0.2) is 45.0 Å². The lowest BCUT2D eigenvalue weighted by Crippen LogP contribution is -2.50. The monoisotopic (exact) mass is 695 g/mol. The first-order valence-electron chi connectivity index (χ1n) is 13.3. The highest BCUT2D eigenvalue weighted by atomic mass is 79.9. The third kappa shape index (κ3) is 7.86. The highest BCUT2D eigenvalue weighted by molar-refractivity contribution is 9.11. The minimum Gasteiger partial charge on any atom is -0.465 e. The first kappa shape index (κ1) is 33.1. The van der Waals surface area contributed by atoms with Crippen LogP contribution in [0.4, 0.5) is 13.2 Å². The number of aliphatic hydroxyl groups excluding tert-OH is 1. The van der Waals surface area contributed by atoms with Gasteiger partial charge in [-0.3, -0.25) is 23.7 Å². The summed E-state index contributed by atoms with van der Waals surface area (Å²) in [5.41, 5.74) is -3.69. The van der Waals surface area contributed by atoms with Crippen LogP contribution in [0.5, 0.6) is 5.75 Å². The summed E-state index contributed by atoms with van der Waals surface area (Å²) in [4.78, 5) is 41.0. The summed E-state index contributed by atoms with van der Waals surface area (Å²) in [6.45, 7) is 1.10. The Labute approximate surface area is 251 Å². The minimum atomic E-state index is -4.61. The van der Waals surface area contributed by atoms with Crippen molar-refractivity contribution < 1.29 is 46.2 Å². The normalized spacial score (nSPS) is 23.3. The van der Waals surface area contributed by atoms with Gasteiger partial charge in [0.2, 0.25) is 0 Å². The summed E-state index contributed by atoms with van der Waals surface area (Å²) < 4.78 is 76.6. The Hall–Kier alpha value is -2.75. The van der Waals surface area contributed by atoms with E-state index in [1.54, 1.807) is 6.92 Å². The van der Waals surface area contributed by atoms with Gasteiger partial charge in [0.25, 0.3) is 5.56 Å². The van der Waals surface area contributed by atoms with E-state index in [0.717, 1.165) is 28.8 Å². The zero-order chi connectivity index (χ0) is 31.4. The molecule has 1 saturated heterocycles. The van der Waals surface area contributed by atoms with Crippen LogP contribution in [0.1, 0.15) is 56.4 Å². The van der Waals surface area contributed by atoms with Gasteiger partial charge in [-0.2, -0.15) is 18.3 Å². The number of ether oxygens (including phenoxy) is 2. The van der Waals surface area contributed by atoms with Crippen LogP contribution in [0.3, 0.4) is 0 Å². The van der Waals surface area contributed by atoms with E-state index in [0.29, 0.717) is 12.8 Å². The molecule has 4 rings (SSSR count). The maximum absolute atomic E-state index is 14.1. The number of carbonyl (C=O) groups excluding carboxylic acids is 1. The van der Waals surface area contributed by atoms with Crippen molar-refractivity contribution in [1.29, 1.82) is 0 Å². The maximum Gasteiger partial charge on any atom is 0.459 e. The number of esters is 1. The van der Waals surface area contributed by atoms with Crippen LogP contribution in [0.2, 0.25) is 0 Å². The number of hydrogen-bond donors (Lipinski definition) is 3. The predicted octanol–water partition coefficient (Wildman–Crippen LogP) is 4.24. The summed E-state index contributed by atoms with van der Waals surface area (Å²) in [5, 5.41) is 13.4. The number of nitrogens with zero attached hydrogens (tertiary/aromatic N) is 1. The zero-order valence-corrected chi connectivity index (χ0v) is 25.3. The molecule has 4 atom stereocenters. The number of nitrogens with one attached hydrogen (secondary N) is 2. The average molecular weight is 696 g/mol. The van der Waals surface area contributed by atoms with Gasteiger partial charge in [-0.25, -0.2) is 9.36 Å². The summed E-state index contributed by atoms with van der Waals surface area (Å²) >= 11 is 3.06. The van der Waals surface area contributed by atoms with E-state index in [-0.39, 0.29) is 37.2 Å². The number of H-pyrrole nitrogens is 1. The zero-order valence-electron chi connectivity index (χ0n) is 22.8. The number of rotatable bonds is 11. The van der Waals surface area contributed by atoms with Crippen LogP contribution in [0, 0.1) is 0 Å². The van der Waals surface area contributed by atoms with Crippen molar-refractivity contribution in [3.63, 3.8) is 0 Å². The summed E-state index contributed by atoms with van der Waals surface area (Å²) in [6.07, 6.45) is -3.78. The molecule has 2 fully saturated rings. The number of hydrogen-bond acceptors (Lipinski definition) is 9. The van der Waals surface area contributed by atoms with E-state index >= 15 is 0 Å². The number of aromatic nitrogens is 2. The van der Waals surface area contributed by atoms with Crippen LogP contribution >= 0.6 is 23.7 Å². The molecule has 12 nitrogen and oxygen atoms in total. The van der Waals surface area contributed by atoms with Crippen molar-refractivity contribution >= 4 is 35.7 Å². The van der Waals surface area contributed by atoms with E-state index in [1.807, 2.05) is 0 Å². The van der Waals surface area contributed by atoms with Crippen LogP contribution < -0.4 is 20.9 Å². The van der Waals surface area contributed by atoms with Gasteiger partial charge in [0, 0.05) is 12.6 Å². The van der Waals surface area contributed by atoms with Gasteiger partial charge in [0.1, 0.15) is 23.6 Å². The van der Waals surface area contributed by atoms with Crippen molar-refractivity contribution in [2.24, 2.45) is 0 Å². The molecular formula is C26H30BrF3N3O9P. The third-order valence-electron chi connectivity index (χ3n) is 7.04. The van der Waals surface area contributed by atoms with Crippen LogP contribution in [-0.4, -0.2) is 51.6 Å². The van der Waals surface area contributed by atoms with Gasteiger partial charge in [-0.1, -0.05) is 28.8 Å². The summed E-state index contributed by atoms with van der Waals surface area (Å²) in [7, 11) is -4.55. The van der Waals surface area contributed by atoms with Crippen LogP contribution in [-0.2, 0) is 29.5 Å². The SMILES string of the molecule is CCOC(=O)C1(NP(=O)(OCC2O[C@@H](n3cc(/C=C/Br)c(=O)[nH]c3=O)C[C@H]2O)Oc2ccc(C(F)(F)F)cc2)CCCC1. The number of halogens is 4. The lowest BCUT2D eigenvalue weighted by Gasteiger charge is -2.32. The molecule has 1 aromatic carbocycles.